The zero-order chi connectivity index (χ0) is 14.5. The monoisotopic (exact) mass is 262 g/mol. The summed E-state index contributed by atoms with van der Waals surface area (Å²) in [6, 6.07) is 9.89. The van der Waals surface area contributed by atoms with E-state index in [0.717, 1.165) is 12.5 Å². The summed E-state index contributed by atoms with van der Waals surface area (Å²) in [6.45, 7) is 6.88. The zero-order valence-corrected chi connectivity index (χ0v) is 11.0. The second-order valence-electron chi connectivity index (χ2n) is 3.33. The van der Waals surface area contributed by atoms with Crippen LogP contribution in [0, 0.1) is 0 Å². The van der Waals surface area contributed by atoms with Gasteiger partial charge in [-0.1, -0.05) is 43.5 Å². The molecule has 19 heavy (non-hydrogen) atoms. The van der Waals surface area contributed by atoms with Crippen LogP contribution in [0.2, 0.25) is 0 Å². The van der Waals surface area contributed by atoms with Crippen molar-refractivity contribution in [3.63, 3.8) is 0 Å². The predicted molar refractivity (Wildman–Crippen MR) is 73.5 cm³/mol. The van der Waals surface area contributed by atoms with Crippen molar-refractivity contribution in [2.75, 3.05) is 13.7 Å². The SMILES string of the molecule is C=CC(=O)OC.C=CC(=O)OCCc1ccccc1. The van der Waals surface area contributed by atoms with E-state index in [1.165, 1.54) is 18.7 Å². The Hall–Kier alpha value is -2.36. The van der Waals surface area contributed by atoms with Crippen LogP contribution in [-0.2, 0) is 25.5 Å². The molecule has 4 nitrogen and oxygen atoms in total. The minimum atomic E-state index is -0.394. The van der Waals surface area contributed by atoms with Crippen LogP contribution < -0.4 is 0 Å². The maximum atomic E-state index is 10.7. The average Bonchev–Trinajstić information content (AvgIpc) is 2.48. The van der Waals surface area contributed by atoms with Gasteiger partial charge in [0.05, 0.1) is 13.7 Å². The predicted octanol–water partition coefficient (Wildman–Crippen LogP) is 2.30. The molecule has 0 amide bonds. The van der Waals surface area contributed by atoms with E-state index in [1.807, 2.05) is 30.3 Å². The number of ether oxygens (including phenoxy) is 2. The molecule has 0 fully saturated rings. The summed E-state index contributed by atoms with van der Waals surface area (Å²) in [4.78, 5) is 20.5. The van der Waals surface area contributed by atoms with Gasteiger partial charge < -0.3 is 9.47 Å². The molecule has 0 bridgehead atoms. The topological polar surface area (TPSA) is 52.6 Å². The Kier molecular flexibility index (Phi) is 9.43. The molecule has 0 aliphatic rings. The quantitative estimate of drug-likeness (QED) is 0.603. The zero-order valence-electron chi connectivity index (χ0n) is 11.0. The number of rotatable bonds is 5. The summed E-state index contributed by atoms with van der Waals surface area (Å²) < 4.78 is 8.98. The normalized spacial score (nSPS) is 8.47. The van der Waals surface area contributed by atoms with Crippen LogP contribution >= 0.6 is 0 Å². The third-order valence-electron chi connectivity index (χ3n) is 2.01. The van der Waals surface area contributed by atoms with Crippen molar-refractivity contribution >= 4 is 11.9 Å². The second-order valence-corrected chi connectivity index (χ2v) is 3.33. The summed E-state index contributed by atoms with van der Waals surface area (Å²) in [7, 11) is 1.31. The maximum absolute atomic E-state index is 10.7. The molecular formula is C15H18O4. The Morgan fingerprint density at radius 2 is 1.68 bits per heavy atom. The van der Waals surface area contributed by atoms with E-state index in [2.05, 4.69) is 17.9 Å². The Morgan fingerprint density at radius 1 is 1.11 bits per heavy atom. The third-order valence-corrected chi connectivity index (χ3v) is 2.01. The molecule has 0 unspecified atom stereocenters. The molecule has 1 rings (SSSR count). The number of hydrogen-bond donors (Lipinski definition) is 0. The molecule has 0 N–H and O–H groups in total. The largest absolute Gasteiger partial charge is 0.466 e. The summed E-state index contributed by atoms with van der Waals surface area (Å²) in [5.74, 6) is -0.758. The molecule has 0 aromatic heterocycles. The van der Waals surface area contributed by atoms with Crippen molar-refractivity contribution < 1.29 is 19.1 Å². The maximum Gasteiger partial charge on any atom is 0.330 e. The van der Waals surface area contributed by atoms with Crippen molar-refractivity contribution in [3.05, 3.63) is 61.2 Å². The molecule has 0 radical (unpaired) electrons. The standard InChI is InChI=1S/C11H12O2.C4H6O2/c1-2-11(12)13-9-8-10-6-4-3-5-7-10;1-3-4(5)6-2/h2-7H,1,8-9H2;3H,1H2,2H3. The lowest BCUT2D eigenvalue weighted by atomic mass is 10.2. The highest BCUT2D eigenvalue weighted by atomic mass is 16.5. The number of hydrogen-bond acceptors (Lipinski definition) is 4. The van der Waals surface area contributed by atoms with Gasteiger partial charge in [-0.05, 0) is 5.56 Å². The first-order chi connectivity index (χ1) is 9.13. The van der Waals surface area contributed by atoms with E-state index in [-0.39, 0.29) is 5.97 Å². The molecule has 0 aliphatic heterocycles. The molecule has 0 saturated heterocycles. The van der Waals surface area contributed by atoms with Crippen molar-refractivity contribution in [2.45, 2.75) is 6.42 Å². The van der Waals surface area contributed by atoms with Gasteiger partial charge in [0.25, 0.3) is 0 Å². The minimum absolute atomic E-state index is 0.365. The van der Waals surface area contributed by atoms with Gasteiger partial charge in [0.2, 0.25) is 0 Å². The van der Waals surface area contributed by atoms with Crippen LogP contribution in [0.1, 0.15) is 5.56 Å². The summed E-state index contributed by atoms with van der Waals surface area (Å²) in [5.41, 5.74) is 1.17. The lowest BCUT2D eigenvalue weighted by molar-refractivity contribution is -0.137. The van der Waals surface area contributed by atoms with Gasteiger partial charge >= 0.3 is 11.9 Å². The number of carbonyl (C=O) groups excluding carboxylic acids is 2. The van der Waals surface area contributed by atoms with Gasteiger partial charge in [0.15, 0.2) is 0 Å². The molecule has 102 valence electrons. The highest BCUT2D eigenvalue weighted by Gasteiger charge is 1.95. The van der Waals surface area contributed by atoms with Crippen LogP contribution in [0.3, 0.4) is 0 Å². The smallest absolute Gasteiger partial charge is 0.330 e. The molecule has 0 saturated carbocycles. The first-order valence-electron chi connectivity index (χ1n) is 5.67. The van der Waals surface area contributed by atoms with Gasteiger partial charge in [0.1, 0.15) is 0 Å². The van der Waals surface area contributed by atoms with Crippen molar-refractivity contribution in [3.8, 4) is 0 Å². The van der Waals surface area contributed by atoms with Gasteiger partial charge in [-0.2, -0.15) is 0 Å². The van der Waals surface area contributed by atoms with E-state index in [4.69, 9.17) is 4.74 Å². The lowest BCUT2D eigenvalue weighted by Gasteiger charge is -2.01. The summed E-state index contributed by atoms with van der Waals surface area (Å²) in [5, 5.41) is 0. The van der Waals surface area contributed by atoms with Gasteiger partial charge in [-0.15, -0.1) is 0 Å². The summed E-state index contributed by atoms with van der Waals surface area (Å²) in [6.07, 6.45) is 3.03. The highest BCUT2D eigenvalue weighted by molar-refractivity contribution is 5.81. The number of methoxy groups -OCH3 is 1. The van der Waals surface area contributed by atoms with Crippen LogP contribution in [-0.4, -0.2) is 25.7 Å². The third kappa shape index (κ3) is 9.35. The fourth-order valence-corrected chi connectivity index (χ4v) is 1.06. The fraction of sp³-hybridized carbons (Fsp3) is 0.200. The molecule has 0 atom stereocenters. The van der Waals surface area contributed by atoms with Gasteiger partial charge in [0, 0.05) is 18.6 Å². The molecule has 1 aromatic carbocycles. The Morgan fingerprint density at radius 3 is 2.11 bits per heavy atom. The Bertz CT molecular complexity index is 409. The molecule has 4 heteroatoms. The second kappa shape index (κ2) is 10.8. The van der Waals surface area contributed by atoms with E-state index >= 15 is 0 Å². The van der Waals surface area contributed by atoms with Crippen LogP contribution in [0.5, 0.6) is 0 Å². The number of benzene rings is 1. The van der Waals surface area contributed by atoms with Crippen molar-refractivity contribution in [1.29, 1.82) is 0 Å². The van der Waals surface area contributed by atoms with E-state index in [9.17, 15) is 9.59 Å². The van der Waals surface area contributed by atoms with E-state index < -0.39 is 5.97 Å². The van der Waals surface area contributed by atoms with Crippen LogP contribution in [0.15, 0.2) is 55.6 Å². The van der Waals surface area contributed by atoms with E-state index in [0.29, 0.717) is 6.61 Å². The number of esters is 2. The molecular weight excluding hydrogens is 244 g/mol. The Balaban J connectivity index is 0.000000459. The fourth-order valence-electron chi connectivity index (χ4n) is 1.06. The first-order valence-corrected chi connectivity index (χ1v) is 5.67. The van der Waals surface area contributed by atoms with Gasteiger partial charge in [-0.3, -0.25) is 0 Å². The molecule has 0 heterocycles. The molecule has 1 aromatic rings. The van der Waals surface area contributed by atoms with Crippen LogP contribution in [0.4, 0.5) is 0 Å². The van der Waals surface area contributed by atoms with Crippen LogP contribution in [0.25, 0.3) is 0 Å². The highest BCUT2D eigenvalue weighted by Crippen LogP contribution is 1.99. The minimum Gasteiger partial charge on any atom is -0.466 e. The van der Waals surface area contributed by atoms with E-state index in [1.54, 1.807) is 0 Å². The Labute approximate surface area is 113 Å². The van der Waals surface area contributed by atoms with Crippen molar-refractivity contribution in [1.82, 2.24) is 0 Å². The van der Waals surface area contributed by atoms with Crippen molar-refractivity contribution in [2.24, 2.45) is 0 Å². The average molecular weight is 262 g/mol. The lowest BCUT2D eigenvalue weighted by Crippen LogP contribution is -2.04. The molecule has 0 spiro atoms. The first kappa shape index (κ1) is 16.6. The van der Waals surface area contributed by atoms with Gasteiger partial charge in [-0.25, -0.2) is 9.59 Å². The number of carbonyl (C=O) groups is 2. The molecule has 0 aliphatic carbocycles. The summed E-state index contributed by atoms with van der Waals surface area (Å²) >= 11 is 0.